The van der Waals surface area contributed by atoms with Crippen molar-refractivity contribution in [1.82, 2.24) is 10.2 Å². The summed E-state index contributed by atoms with van der Waals surface area (Å²) in [6, 6.07) is 0. The third-order valence-corrected chi connectivity index (χ3v) is 2.98. The van der Waals surface area contributed by atoms with Crippen molar-refractivity contribution in [3.63, 3.8) is 0 Å². The summed E-state index contributed by atoms with van der Waals surface area (Å²) in [5, 5.41) is 2.98. The molecule has 0 aliphatic carbocycles. The van der Waals surface area contributed by atoms with Gasteiger partial charge in [0, 0.05) is 38.5 Å². The van der Waals surface area contributed by atoms with E-state index in [1.807, 2.05) is 13.1 Å². The molecule has 0 fully saturated rings. The predicted molar refractivity (Wildman–Crippen MR) is 77.3 cm³/mol. The number of allylic oxidation sites excluding steroid dienone is 1. The molecule has 1 amide bonds. The van der Waals surface area contributed by atoms with Gasteiger partial charge in [-0.15, -0.1) is 0 Å². The summed E-state index contributed by atoms with van der Waals surface area (Å²) in [5.41, 5.74) is 1.63. The number of likely N-dealkylation sites (N-methyl/N-ethyl adjacent to an activating group) is 1. The average Bonchev–Trinajstić information content (AvgIpc) is 2.36. The lowest BCUT2D eigenvalue weighted by atomic mass is 10.1. The topological polar surface area (TPSA) is 44.7 Å². The minimum Gasteiger partial charge on any atom is -0.388 e. The van der Waals surface area contributed by atoms with E-state index >= 15 is 0 Å². The molecule has 0 saturated carbocycles. The van der Waals surface area contributed by atoms with Gasteiger partial charge in [0.15, 0.2) is 0 Å². The number of carbonyl (C=O) groups excluding carboxylic acids is 1. The predicted octanol–water partition coefficient (Wildman–Crippen LogP) is 2.55. The van der Waals surface area contributed by atoms with E-state index < -0.39 is 0 Å². The largest absolute Gasteiger partial charge is 0.388 e. The zero-order valence-corrected chi connectivity index (χ0v) is 12.4. The molecule has 0 rings (SSSR count). The van der Waals surface area contributed by atoms with E-state index in [1.165, 1.54) is 11.8 Å². The molecular weight excluding hydrogens is 226 g/mol. The van der Waals surface area contributed by atoms with Crippen LogP contribution in [0.2, 0.25) is 0 Å². The highest BCUT2D eigenvalue weighted by Crippen LogP contribution is 2.15. The van der Waals surface area contributed by atoms with Crippen molar-refractivity contribution in [3.8, 4) is 0 Å². The Morgan fingerprint density at radius 3 is 2.44 bits per heavy atom. The van der Waals surface area contributed by atoms with Gasteiger partial charge in [-0.3, -0.25) is 9.69 Å². The first-order valence-corrected chi connectivity index (χ1v) is 6.21. The molecule has 4 heteroatoms. The van der Waals surface area contributed by atoms with Gasteiger partial charge < -0.3 is 5.32 Å². The quantitative estimate of drug-likeness (QED) is 0.582. The maximum atomic E-state index is 11.5. The molecule has 1 atom stereocenters. The van der Waals surface area contributed by atoms with Crippen molar-refractivity contribution < 1.29 is 4.79 Å². The number of amides is 1. The second-order valence-electron chi connectivity index (χ2n) is 4.42. The highest BCUT2D eigenvalue weighted by atomic mass is 16.2. The van der Waals surface area contributed by atoms with E-state index in [2.05, 4.69) is 30.7 Å². The van der Waals surface area contributed by atoms with E-state index in [4.69, 9.17) is 0 Å². The van der Waals surface area contributed by atoms with Gasteiger partial charge >= 0.3 is 0 Å². The summed E-state index contributed by atoms with van der Waals surface area (Å²) >= 11 is 0. The molecule has 0 aromatic heterocycles. The molecule has 0 saturated heterocycles. The smallest absolute Gasteiger partial charge is 0.224 e. The molecule has 18 heavy (non-hydrogen) atoms. The monoisotopic (exact) mass is 251 g/mol. The Hall–Kier alpha value is -1.58. The SMILES string of the molecule is C=C(NC)/C(C)=C(/N=C\C(C)CC)N(C)C(C)=O. The van der Waals surface area contributed by atoms with Crippen LogP contribution in [0.1, 0.15) is 34.1 Å². The first-order chi connectivity index (χ1) is 8.34. The molecule has 102 valence electrons. The van der Waals surface area contributed by atoms with Crippen LogP contribution in [-0.4, -0.2) is 31.1 Å². The lowest BCUT2D eigenvalue weighted by Crippen LogP contribution is -2.25. The van der Waals surface area contributed by atoms with Crippen LogP contribution in [0.3, 0.4) is 0 Å². The molecule has 0 aliphatic heterocycles. The summed E-state index contributed by atoms with van der Waals surface area (Å²) < 4.78 is 0. The molecule has 0 heterocycles. The lowest BCUT2D eigenvalue weighted by molar-refractivity contribution is -0.125. The highest BCUT2D eigenvalue weighted by Gasteiger charge is 2.12. The normalized spacial score (nSPS) is 14.1. The van der Waals surface area contributed by atoms with Crippen LogP contribution in [-0.2, 0) is 4.79 Å². The van der Waals surface area contributed by atoms with Gasteiger partial charge in [-0.1, -0.05) is 20.4 Å². The van der Waals surface area contributed by atoms with Crippen molar-refractivity contribution in [2.75, 3.05) is 14.1 Å². The second kappa shape index (κ2) is 7.69. The first kappa shape index (κ1) is 16.4. The van der Waals surface area contributed by atoms with E-state index in [9.17, 15) is 4.79 Å². The molecule has 1 unspecified atom stereocenters. The first-order valence-electron chi connectivity index (χ1n) is 6.21. The van der Waals surface area contributed by atoms with Gasteiger partial charge in [0.1, 0.15) is 5.82 Å². The fourth-order valence-corrected chi connectivity index (χ4v) is 1.21. The summed E-state index contributed by atoms with van der Waals surface area (Å²) in [4.78, 5) is 17.5. The number of hydrogen-bond donors (Lipinski definition) is 1. The van der Waals surface area contributed by atoms with Crippen LogP contribution < -0.4 is 5.32 Å². The van der Waals surface area contributed by atoms with Crippen LogP contribution in [0.25, 0.3) is 0 Å². The molecule has 0 aromatic carbocycles. The molecule has 0 bridgehead atoms. The minimum absolute atomic E-state index is 0.0467. The maximum absolute atomic E-state index is 11.5. The van der Waals surface area contributed by atoms with Crippen molar-refractivity contribution in [2.24, 2.45) is 10.9 Å². The van der Waals surface area contributed by atoms with Gasteiger partial charge in [0.05, 0.1) is 0 Å². The number of aliphatic imine (C=N–C) groups is 1. The zero-order chi connectivity index (χ0) is 14.3. The Bertz CT molecular complexity index is 369. The van der Waals surface area contributed by atoms with Crippen molar-refractivity contribution in [3.05, 3.63) is 23.7 Å². The number of nitrogens with zero attached hydrogens (tertiary/aromatic N) is 2. The molecule has 4 nitrogen and oxygen atoms in total. The minimum atomic E-state index is -0.0467. The molecular formula is C14H25N3O. The van der Waals surface area contributed by atoms with Crippen molar-refractivity contribution in [1.29, 1.82) is 0 Å². The Morgan fingerprint density at radius 2 is 2.06 bits per heavy atom. The highest BCUT2D eigenvalue weighted by molar-refractivity contribution is 5.76. The number of carbonyl (C=O) groups is 1. The van der Waals surface area contributed by atoms with Crippen molar-refractivity contribution in [2.45, 2.75) is 34.1 Å². The van der Waals surface area contributed by atoms with Crippen LogP contribution in [0.5, 0.6) is 0 Å². The molecule has 0 spiro atoms. The summed E-state index contributed by atoms with van der Waals surface area (Å²) in [5.74, 6) is 0.979. The van der Waals surface area contributed by atoms with E-state index in [1.54, 1.807) is 14.1 Å². The molecule has 0 aliphatic rings. The van der Waals surface area contributed by atoms with Crippen LogP contribution >= 0.6 is 0 Å². The van der Waals surface area contributed by atoms with Crippen LogP contribution in [0.4, 0.5) is 0 Å². The second-order valence-corrected chi connectivity index (χ2v) is 4.42. The van der Waals surface area contributed by atoms with Crippen molar-refractivity contribution >= 4 is 12.1 Å². The number of nitrogens with one attached hydrogen (secondary N) is 1. The summed E-state index contributed by atoms with van der Waals surface area (Å²) in [6.07, 6.45) is 2.90. The third kappa shape index (κ3) is 4.73. The van der Waals surface area contributed by atoms with Gasteiger partial charge in [0.2, 0.25) is 5.91 Å². The fraction of sp³-hybridized carbons (Fsp3) is 0.571. The Morgan fingerprint density at radius 1 is 1.50 bits per heavy atom. The summed E-state index contributed by atoms with van der Waals surface area (Å²) in [7, 11) is 3.52. The summed E-state index contributed by atoms with van der Waals surface area (Å²) in [6.45, 7) is 11.5. The number of rotatable bonds is 6. The third-order valence-electron chi connectivity index (χ3n) is 2.98. The Labute approximate surface area is 110 Å². The van der Waals surface area contributed by atoms with E-state index in [-0.39, 0.29) is 5.91 Å². The maximum Gasteiger partial charge on any atom is 0.224 e. The lowest BCUT2D eigenvalue weighted by Gasteiger charge is -2.19. The molecule has 0 aromatic rings. The van der Waals surface area contributed by atoms with Crippen LogP contribution in [0, 0.1) is 5.92 Å². The standard InChI is InChI=1S/C14H25N3O/c1-8-10(2)9-16-14(17(7)13(5)18)11(3)12(4)15-6/h9-10,15H,4,8H2,1-3,5-7H3/b14-11-,16-9-. The van der Waals surface area contributed by atoms with E-state index in [0.717, 1.165) is 17.7 Å². The van der Waals surface area contributed by atoms with Gasteiger partial charge in [0.25, 0.3) is 0 Å². The Balaban J connectivity index is 5.37. The number of hydrogen-bond acceptors (Lipinski definition) is 3. The fourth-order valence-electron chi connectivity index (χ4n) is 1.21. The zero-order valence-electron chi connectivity index (χ0n) is 12.4. The average molecular weight is 251 g/mol. The Kier molecular flexibility index (Phi) is 7.01. The van der Waals surface area contributed by atoms with Crippen LogP contribution in [0.15, 0.2) is 28.7 Å². The molecule has 0 radical (unpaired) electrons. The van der Waals surface area contributed by atoms with E-state index in [0.29, 0.717) is 11.7 Å². The van der Waals surface area contributed by atoms with Gasteiger partial charge in [-0.05, 0) is 19.3 Å². The molecule has 1 N–H and O–H groups in total. The van der Waals surface area contributed by atoms with Gasteiger partial charge in [-0.2, -0.15) is 0 Å². The van der Waals surface area contributed by atoms with Gasteiger partial charge in [-0.25, -0.2) is 4.99 Å².